The summed E-state index contributed by atoms with van der Waals surface area (Å²) >= 11 is 0. The summed E-state index contributed by atoms with van der Waals surface area (Å²) in [5.41, 5.74) is 1.99. The van der Waals surface area contributed by atoms with Gasteiger partial charge in [-0.2, -0.15) is 39.5 Å². The molecule has 13 aromatic rings. The largest absolute Gasteiger partial charge is 0.416 e. The highest BCUT2D eigenvalue weighted by Crippen LogP contribution is 2.44. The molecular formula is C73H47F9N4Si. The van der Waals surface area contributed by atoms with E-state index in [9.17, 15) is 39.5 Å². The molecular weight excluding hydrogens is 1130 g/mol. The SMILES string of the molecule is Cc1cc(-c2ccc3c(c2)c2cc(-c4cc(C(F)(F)F)cc(C(F)(F)F)c4)ccc2n3-c2cc(-c3nc(-c4ccccc4)nc(-c4ccccc4)n3)ccc2-c2cccc([Si](c3ccccc3)(c3ccccc3)c3ccccc3)c2)cc(C(F)(F)F)c1. The Labute approximate surface area is 495 Å². The lowest BCUT2D eigenvalue weighted by molar-refractivity contribution is -0.143. The summed E-state index contributed by atoms with van der Waals surface area (Å²) in [6, 6.07) is 79.7. The van der Waals surface area contributed by atoms with Crippen molar-refractivity contribution in [2.45, 2.75) is 25.5 Å². The fourth-order valence-electron chi connectivity index (χ4n) is 11.9. The maximum absolute atomic E-state index is 14.5. The molecule has 0 aliphatic rings. The average Bonchev–Trinajstić information content (AvgIpc) is 1.83. The average molecular weight is 1180 g/mol. The van der Waals surface area contributed by atoms with Crippen LogP contribution in [-0.2, 0) is 18.5 Å². The zero-order valence-electron chi connectivity index (χ0n) is 46.1. The molecule has 0 spiro atoms. The van der Waals surface area contributed by atoms with Crippen LogP contribution in [0.3, 0.4) is 0 Å². The van der Waals surface area contributed by atoms with E-state index in [1.165, 1.54) is 6.07 Å². The standard InChI is InChI=1S/C73H47F9N4Si/c1-46-36-53(38-55(37-46)71(74,75)76)49-31-34-65-63(42-49)64-43-50(54-39-56(72(77,78)79)45-57(40-54)73(80,81)82)32-35-66(64)86(65)67-44-52(70-84-68(47-18-7-2-8-19-47)83-69(85-70)48-20-9-3-10-21-48)30-33-62(67)51-22-17-29-61(41-51)87(58-23-11-4-12-24-58,59-25-13-5-14-26-59)60-27-15-6-16-28-60/h2-45H,1H3. The minimum absolute atomic E-state index is 0.0382. The quantitative estimate of drug-likeness (QED) is 0.0736. The molecule has 0 radical (unpaired) electrons. The Kier molecular flexibility index (Phi) is 14.2. The predicted molar refractivity (Wildman–Crippen MR) is 330 cm³/mol. The molecule has 14 heteroatoms. The molecule has 4 nitrogen and oxygen atoms in total. The van der Waals surface area contributed by atoms with Crippen LogP contribution >= 0.6 is 0 Å². The number of benzene rings is 11. The fourth-order valence-corrected chi connectivity index (χ4v) is 16.7. The molecule has 0 N–H and O–H groups in total. The number of rotatable bonds is 11. The van der Waals surface area contributed by atoms with Crippen LogP contribution in [0.1, 0.15) is 22.3 Å². The number of hydrogen-bond acceptors (Lipinski definition) is 3. The molecule has 0 atom stereocenters. The van der Waals surface area contributed by atoms with Gasteiger partial charge in [-0.25, -0.2) is 15.0 Å². The van der Waals surface area contributed by atoms with E-state index in [0.717, 1.165) is 49.6 Å². The lowest BCUT2D eigenvalue weighted by Crippen LogP contribution is -2.74. The Balaban J connectivity index is 1.12. The van der Waals surface area contributed by atoms with Crippen molar-refractivity contribution in [2.75, 3.05) is 0 Å². The van der Waals surface area contributed by atoms with Crippen LogP contribution in [0.25, 0.3) is 95.0 Å². The second kappa shape index (κ2) is 22.0. The third-order valence-electron chi connectivity index (χ3n) is 15.8. The lowest BCUT2D eigenvalue weighted by Gasteiger charge is -2.34. The summed E-state index contributed by atoms with van der Waals surface area (Å²) in [7, 11) is -3.15. The van der Waals surface area contributed by atoms with E-state index in [2.05, 4.69) is 48.5 Å². The fraction of sp³-hybridized carbons (Fsp3) is 0.0548. The summed E-state index contributed by atoms with van der Waals surface area (Å²) in [5.74, 6) is 1.14. The van der Waals surface area contributed by atoms with Gasteiger partial charge in [-0.05, 0) is 122 Å². The second-order valence-electron chi connectivity index (χ2n) is 21.4. The van der Waals surface area contributed by atoms with Gasteiger partial charge >= 0.3 is 18.5 Å². The van der Waals surface area contributed by atoms with Gasteiger partial charge in [0.1, 0.15) is 0 Å². The Morgan fingerprint density at radius 1 is 0.299 bits per heavy atom. The van der Waals surface area contributed by atoms with Gasteiger partial charge in [0, 0.05) is 33.0 Å². The van der Waals surface area contributed by atoms with Crippen LogP contribution < -0.4 is 20.7 Å². The molecule has 0 aliphatic heterocycles. The summed E-state index contributed by atoms with van der Waals surface area (Å²) in [6.07, 6.45) is -14.9. The van der Waals surface area contributed by atoms with Crippen molar-refractivity contribution in [3.8, 4) is 73.2 Å². The molecule has 426 valence electrons. The van der Waals surface area contributed by atoms with Crippen molar-refractivity contribution in [2.24, 2.45) is 0 Å². The highest BCUT2D eigenvalue weighted by Gasteiger charge is 2.42. The third-order valence-corrected chi connectivity index (χ3v) is 20.6. The van der Waals surface area contributed by atoms with Gasteiger partial charge < -0.3 is 4.57 Å². The molecule has 2 aromatic heterocycles. The van der Waals surface area contributed by atoms with Crippen LogP contribution in [0.15, 0.2) is 267 Å². The summed E-state index contributed by atoms with van der Waals surface area (Å²) in [6.45, 7) is 1.56. The molecule has 0 saturated carbocycles. The number of fused-ring (bicyclic) bond motifs is 3. The van der Waals surface area contributed by atoms with E-state index in [1.54, 1.807) is 43.3 Å². The summed E-state index contributed by atoms with van der Waals surface area (Å²) < 4.78 is 132. The molecule has 2 heterocycles. The van der Waals surface area contributed by atoms with Gasteiger partial charge in [0.05, 0.1) is 33.4 Å². The van der Waals surface area contributed by atoms with E-state index in [-0.39, 0.29) is 22.8 Å². The molecule has 0 amide bonds. The van der Waals surface area contributed by atoms with E-state index in [4.69, 9.17) is 15.0 Å². The normalized spacial score (nSPS) is 12.3. The van der Waals surface area contributed by atoms with Crippen LogP contribution in [0.2, 0.25) is 0 Å². The molecule has 13 rings (SSSR count). The smallest absolute Gasteiger partial charge is 0.309 e. The molecule has 0 fully saturated rings. The maximum Gasteiger partial charge on any atom is 0.416 e. The molecule has 11 aromatic carbocycles. The van der Waals surface area contributed by atoms with Gasteiger partial charge in [-0.3, -0.25) is 0 Å². The minimum atomic E-state index is -5.12. The minimum Gasteiger partial charge on any atom is -0.309 e. The number of halogens is 9. The molecule has 0 unspecified atom stereocenters. The Morgan fingerprint density at radius 3 is 1.13 bits per heavy atom. The van der Waals surface area contributed by atoms with Gasteiger partial charge in [0.25, 0.3) is 0 Å². The van der Waals surface area contributed by atoms with Crippen molar-refractivity contribution < 1.29 is 39.5 Å². The molecule has 0 saturated heterocycles. The number of hydrogen-bond donors (Lipinski definition) is 0. The van der Waals surface area contributed by atoms with E-state index >= 15 is 0 Å². The van der Waals surface area contributed by atoms with Crippen molar-refractivity contribution in [1.29, 1.82) is 0 Å². The monoisotopic (exact) mass is 1180 g/mol. The first-order valence-electron chi connectivity index (χ1n) is 27.8. The molecule has 0 bridgehead atoms. The van der Waals surface area contributed by atoms with Crippen LogP contribution in [-0.4, -0.2) is 27.6 Å². The highest BCUT2D eigenvalue weighted by atomic mass is 28.3. The van der Waals surface area contributed by atoms with E-state index < -0.39 is 43.3 Å². The second-order valence-corrected chi connectivity index (χ2v) is 25.2. The number of aromatic nitrogens is 4. The predicted octanol–water partition coefficient (Wildman–Crippen LogP) is 17.7. The topological polar surface area (TPSA) is 43.6 Å². The number of nitrogens with zero attached hydrogens (tertiary/aromatic N) is 4. The van der Waals surface area contributed by atoms with Crippen molar-refractivity contribution >= 4 is 50.6 Å². The van der Waals surface area contributed by atoms with Gasteiger partial charge in [-0.15, -0.1) is 0 Å². The zero-order valence-corrected chi connectivity index (χ0v) is 47.1. The van der Waals surface area contributed by atoms with Crippen molar-refractivity contribution in [3.63, 3.8) is 0 Å². The third kappa shape index (κ3) is 10.7. The maximum atomic E-state index is 14.5. The van der Waals surface area contributed by atoms with Crippen molar-refractivity contribution in [3.05, 3.63) is 289 Å². The van der Waals surface area contributed by atoms with Gasteiger partial charge in [0.2, 0.25) is 0 Å². The van der Waals surface area contributed by atoms with Gasteiger partial charge in [-0.1, -0.05) is 206 Å². The van der Waals surface area contributed by atoms with Crippen LogP contribution in [0, 0.1) is 6.92 Å². The number of alkyl halides is 9. The lowest BCUT2D eigenvalue weighted by atomic mass is 9.96. The first kappa shape index (κ1) is 56.0. The number of aryl methyl sites for hydroxylation is 1. The Morgan fingerprint density at radius 2 is 0.678 bits per heavy atom. The Bertz CT molecular complexity index is 4520. The van der Waals surface area contributed by atoms with E-state index in [1.807, 2.05) is 150 Å². The molecule has 87 heavy (non-hydrogen) atoms. The van der Waals surface area contributed by atoms with Crippen LogP contribution in [0.5, 0.6) is 0 Å². The summed E-state index contributed by atoms with van der Waals surface area (Å²) in [5, 5.41) is 5.33. The highest BCUT2D eigenvalue weighted by molar-refractivity contribution is 7.19. The molecule has 0 aliphatic carbocycles. The van der Waals surface area contributed by atoms with Gasteiger partial charge in [0.15, 0.2) is 25.5 Å². The first-order chi connectivity index (χ1) is 41.9. The Hall–Kier alpha value is -10.2. The van der Waals surface area contributed by atoms with Crippen molar-refractivity contribution in [1.82, 2.24) is 19.5 Å². The zero-order chi connectivity index (χ0) is 60.2. The van der Waals surface area contributed by atoms with E-state index in [0.29, 0.717) is 79.4 Å². The summed E-state index contributed by atoms with van der Waals surface area (Å²) in [4.78, 5) is 15.1. The first-order valence-corrected chi connectivity index (χ1v) is 29.8. The van der Waals surface area contributed by atoms with Crippen LogP contribution in [0.4, 0.5) is 39.5 Å².